The van der Waals surface area contributed by atoms with Crippen LogP contribution in [0.4, 0.5) is 24.5 Å². The van der Waals surface area contributed by atoms with E-state index in [1.807, 2.05) is 12.1 Å². The van der Waals surface area contributed by atoms with E-state index in [4.69, 9.17) is 4.74 Å². The number of halogens is 4. The van der Waals surface area contributed by atoms with E-state index in [0.717, 1.165) is 14.7 Å². The number of fused-ring (bicyclic) bond motifs is 1. The van der Waals surface area contributed by atoms with E-state index in [-0.39, 0.29) is 11.0 Å². The third-order valence-corrected chi connectivity index (χ3v) is 5.29. The van der Waals surface area contributed by atoms with Crippen molar-refractivity contribution in [3.63, 3.8) is 0 Å². The van der Waals surface area contributed by atoms with Crippen LogP contribution in [0.1, 0.15) is 5.82 Å². The van der Waals surface area contributed by atoms with Crippen molar-refractivity contribution in [2.24, 2.45) is 0 Å². The van der Waals surface area contributed by atoms with Crippen LogP contribution >= 0.6 is 15.9 Å². The normalized spacial score (nSPS) is 14.9. The molecule has 6 nitrogen and oxygen atoms in total. The van der Waals surface area contributed by atoms with E-state index in [0.29, 0.717) is 32.0 Å². The third kappa shape index (κ3) is 4.29. The molecule has 1 aliphatic rings. The zero-order valence-corrected chi connectivity index (χ0v) is 17.3. The molecular weight excluding hydrogens is 465 g/mol. The number of para-hydroxylation sites is 2. The predicted octanol–water partition coefficient (Wildman–Crippen LogP) is 4.29. The van der Waals surface area contributed by atoms with Crippen molar-refractivity contribution >= 4 is 44.2 Å². The molecule has 0 atom stereocenters. The quantitative estimate of drug-likeness (QED) is 0.602. The van der Waals surface area contributed by atoms with Gasteiger partial charge in [0.2, 0.25) is 11.7 Å². The van der Waals surface area contributed by atoms with Crippen molar-refractivity contribution < 1.29 is 22.7 Å². The lowest BCUT2D eigenvalue weighted by atomic mass is 10.2. The number of hydrogen-bond donors (Lipinski definition) is 1. The van der Waals surface area contributed by atoms with Crippen LogP contribution in [0.15, 0.2) is 46.9 Å². The van der Waals surface area contributed by atoms with Crippen LogP contribution in [0.5, 0.6) is 0 Å². The fraction of sp³-hybridized carbons (Fsp3) is 0.300. The summed E-state index contributed by atoms with van der Waals surface area (Å²) in [6, 6.07) is 11.7. The van der Waals surface area contributed by atoms with E-state index in [2.05, 4.69) is 31.1 Å². The molecule has 3 aromatic rings. The number of aromatic nitrogens is 2. The first-order chi connectivity index (χ1) is 14.3. The number of alkyl halides is 3. The maximum absolute atomic E-state index is 13.5. The minimum atomic E-state index is -4.67. The largest absolute Gasteiger partial charge is 0.449 e. The summed E-state index contributed by atoms with van der Waals surface area (Å²) in [6.45, 7) is 1.95. The Hall–Kier alpha value is -2.59. The topological polar surface area (TPSA) is 59.4 Å². The highest BCUT2D eigenvalue weighted by atomic mass is 79.9. The number of nitrogens with zero attached hydrogens (tertiary/aromatic N) is 3. The van der Waals surface area contributed by atoms with Gasteiger partial charge in [-0.3, -0.25) is 4.79 Å². The van der Waals surface area contributed by atoms with Crippen molar-refractivity contribution in [3.05, 3.63) is 52.8 Å². The van der Waals surface area contributed by atoms with Gasteiger partial charge in [-0.15, -0.1) is 0 Å². The molecule has 0 unspecified atom stereocenters. The Morgan fingerprint density at radius 1 is 1.17 bits per heavy atom. The molecule has 158 valence electrons. The van der Waals surface area contributed by atoms with E-state index in [9.17, 15) is 18.0 Å². The Morgan fingerprint density at radius 3 is 2.63 bits per heavy atom. The molecular formula is C20H18BrF3N4O2. The Kier molecular flexibility index (Phi) is 5.70. The average molecular weight is 483 g/mol. The second kappa shape index (κ2) is 8.27. The van der Waals surface area contributed by atoms with Crippen molar-refractivity contribution in [1.82, 2.24) is 9.55 Å². The second-order valence-electron chi connectivity index (χ2n) is 6.82. The van der Waals surface area contributed by atoms with Gasteiger partial charge >= 0.3 is 6.18 Å². The van der Waals surface area contributed by atoms with E-state index < -0.39 is 24.5 Å². The predicted molar refractivity (Wildman–Crippen MR) is 111 cm³/mol. The van der Waals surface area contributed by atoms with Gasteiger partial charge in [0.15, 0.2) is 0 Å². The van der Waals surface area contributed by atoms with Crippen LogP contribution in [0.2, 0.25) is 0 Å². The van der Waals surface area contributed by atoms with Crippen LogP contribution in [0, 0.1) is 0 Å². The highest BCUT2D eigenvalue weighted by molar-refractivity contribution is 9.10. The van der Waals surface area contributed by atoms with Gasteiger partial charge in [0.1, 0.15) is 6.54 Å². The smallest absolute Gasteiger partial charge is 0.378 e. The van der Waals surface area contributed by atoms with Crippen molar-refractivity contribution in [1.29, 1.82) is 0 Å². The first-order valence-corrected chi connectivity index (χ1v) is 10.1. The average Bonchev–Trinajstić information content (AvgIpc) is 3.08. The second-order valence-corrected chi connectivity index (χ2v) is 7.73. The number of morpholine rings is 1. The van der Waals surface area contributed by atoms with Gasteiger partial charge in [0.05, 0.1) is 35.6 Å². The summed E-state index contributed by atoms with van der Waals surface area (Å²) >= 11 is 3.38. The molecule has 2 aromatic carbocycles. The summed E-state index contributed by atoms with van der Waals surface area (Å²) in [4.78, 5) is 18.5. The highest BCUT2D eigenvalue weighted by Gasteiger charge is 2.38. The Labute approximate surface area is 178 Å². The lowest BCUT2D eigenvalue weighted by molar-refractivity contribution is -0.147. The zero-order chi connectivity index (χ0) is 21.3. The molecule has 1 aromatic heterocycles. The number of anilines is 2. The maximum atomic E-state index is 13.5. The fourth-order valence-electron chi connectivity index (χ4n) is 3.47. The number of amides is 1. The number of benzene rings is 2. The first-order valence-electron chi connectivity index (χ1n) is 9.27. The van der Waals surface area contributed by atoms with E-state index >= 15 is 0 Å². The summed E-state index contributed by atoms with van der Waals surface area (Å²) in [5, 5.41) is 2.76. The zero-order valence-electron chi connectivity index (χ0n) is 15.7. The standard InChI is InChI=1S/C20H18BrF3N4O2/c21-13-5-6-16(27-7-9-30-10-8-27)15(11-13)25-18(29)12-28-17-4-2-1-3-14(17)26-19(28)20(22,23)24/h1-6,11H,7-10,12H2,(H,25,29). The number of imidazole rings is 1. The molecule has 10 heteroatoms. The van der Waals surface area contributed by atoms with Crippen molar-refractivity contribution in [3.8, 4) is 0 Å². The summed E-state index contributed by atoms with van der Waals surface area (Å²) in [5.41, 5.74) is 1.76. The van der Waals surface area contributed by atoms with Crippen LogP contribution < -0.4 is 10.2 Å². The van der Waals surface area contributed by atoms with Gasteiger partial charge in [-0.05, 0) is 30.3 Å². The fourth-order valence-corrected chi connectivity index (χ4v) is 3.83. The lowest BCUT2D eigenvalue weighted by Crippen LogP contribution is -2.37. The van der Waals surface area contributed by atoms with Crippen LogP contribution in [-0.4, -0.2) is 41.8 Å². The number of carbonyl (C=O) groups excluding carboxylic acids is 1. The van der Waals surface area contributed by atoms with E-state index in [1.165, 1.54) is 12.1 Å². The number of nitrogens with one attached hydrogen (secondary N) is 1. The minimum Gasteiger partial charge on any atom is -0.378 e. The van der Waals surface area contributed by atoms with Crippen LogP contribution in [0.25, 0.3) is 11.0 Å². The van der Waals surface area contributed by atoms with Crippen molar-refractivity contribution in [2.75, 3.05) is 36.5 Å². The van der Waals surface area contributed by atoms with Gasteiger partial charge in [-0.2, -0.15) is 13.2 Å². The summed E-state index contributed by atoms with van der Waals surface area (Å²) in [6.07, 6.45) is -4.67. The summed E-state index contributed by atoms with van der Waals surface area (Å²) < 4.78 is 47.5. The molecule has 0 spiro atoms. The third-order valence-electron chi connectivity index (χ3n) is 4.79. The highest BCUT2D eigenvalue weighted by Crippen LogP contribution is 2.33. The van der Waals surface area contributed by atoms with Gasteiger partial charge in [-0.25, -0.2) is 4.98 Å². The first kappa shape index (κ1) is 20.7. The van der Waals surface area contributed by atoms with Gasteiger partial charge < -0.3 is 19.5 Å². The molecule has 1 fully saturated rings. The van der Waals surface area contributed by atoms with Crippen molar-refractivity contribution in [2.45, 2.75) is 12.7 Å². The van der Waals surface area contributed by atoms with E-state index in [1.54, 1.807) is 18.2 Å². The maximum Gasteiger partial charge on any atom is 0.449 e. The molecule has 0 saturated carbocycles. The molecule has 0 bridgehead atoms. The monoisotopic (exact) mass is 482 g/mol. The Balaban J connectivity index is 1.63. The molecule has 1 amide bonds. The van der Waals surface area contributed by atoms with Gasteiger partial charge in [0, 0.05) is 17.6 Å². The summed E-state index contributed by atoms with van der Waals surface area (Å²) in [5.74, 6) is -1.67. The molecule has 30 heavy (non-hydrogen) atoms. The number of hydrogen-bond acceptors (Lipinski definition) is 4. The molecule has 0 aliphatic carbocycles. The Bertz CT molecular complexity index is 1080. The minimum absolute atomic E-state index is 0.189. The summed E-state index contributed by atoms with van der Waals surface area (Å²) in [7, 11) is 0. The SMILES string of the molecule is O=C(Cn1c(C(F)(F)F)nc2ccccc21)Nc1cc(Br)ccc1N1CCOCC1. The number of rotatable bonds is 4. The number of ether oxygens (including phenoxy) is 1. The molecule has 1 aliphatic heterocycles. The van der Waals surface area contributed by atoms with Gasteiger partial charge in [0.25, 0.3) is 0 Å². The van der Waals surface area contributed by atoms with Crippen LogP contribution in [-0.2, 0) is 22.3 Å². The number of carbonyl (C=O) groups is 1. The molecule has 4 rings (SSSR count). The molecule has 1 saturated heterocycles. The van der Waals surface area contributed by atoms with Crippen LogP contribution in [0.3, 0.4) is 0 Å². The Morgan fingerprint density at radius 2 is 1.90 bits per heavy atom. The van der Waals surface area contributed by atoms with Gasteiger partial charge in [-0.1, -0.05) is 28.1 Å². The molecule has 0 radical (unpaired) electrons. The molecule has 2 heterocycles. The lowest BCUT2D eigenvalue weighted by Gasteiger charge is -2.30. The molecule has 1 N–H and O–H groups in total.